The molecule has 1 amide bonds. The van der Waals surface area contributed by atoms with E-state index in [1.54, 1.807) is 0 Å². The van der Waals surface area contributed by atoms with Gasteiger partial charge in [0.1, 0.15) is 0 Å². The fourth-order valence-corrected chi connectivity index (χ4v) is 1.34. The van der Waals surface area contributed by atoms with E-state index in [1.165, 1.54) is 0 Å². The first-order valence-corrected chi connectivity index (χ1v) is 5.06. The minimum Gasteiger partial charge on any atom is -0.344 e. The molecule has 0 heterocycles. The third-order valence-corrected chi connectivity index (χ3v) is 2.41. The second-order valence-corrected chi connectivity index (χ2v) is 3.38. The highest BCUT2D eigenvalue weighted by Crippen LogP contribution is 2.10. The van der Waals surface area contributed by atoms with Crippen LogP contribution in [0.2, 0.25) is 0 Å². The zero-order chi connectivity index (χ0) is 10.3. The number of hydrogen-bond acceptors (Lipinski definition) is 2. The second-order valence-electron chi connectivity index (χ2n) is 3.38. The van der Waals surface area contributed by atoms with Crippen LogP contribution in [-0.2, 0) is 4.79 Å². The number of carbonyl (C=O) groups excluding carboxylic acids is 1. The maximum Gasteiger partial charge on any atom is 0.225 e. The molecule has 0 aromatic rings. The van der Waals surface area contributed by atoms with Gasteiger partial charge < -0.3 is 10.2 Å². The van der Waals surface area contributed by atoms with Crippen molar-refractivity contribution in [1.82, 2.24) is 10.2 Å². The second kappa shape index (κ2) is 6.89. The number of likely N-dealkylation sites (N-methyl/N-ethyl adjacent to an activating group) is 2. The van der Waals surface area contributed by atoms with Gasteiger partial charge in [-0.1, -0.05) is 13.8 Å². The van der Waals surface area contributed by atoms with Gasteiger partial charge in [0.05, 0.1) is 0 Å². The van der Waals surface area contributed by atoms with E-state index in [1.807, 2.05) is 19.0 Å². The van der Waals surface area contributed by atoms with E-state index in [-0.39, 0.29) is 11.8 Å². The topological polar surface area (TPSA) is 32.3 Å². The van der Waals surface area contributed by atoms with Gasteiger partial charge in [0.2, 0.25) is 5.91 Å². The molecule has 78 valence electrons. The molecular weight excluding hydrogens is 164 g/mol. The Labute approximate surface area is 81.5 Å². The molecular formula is C10H22N2O. The van der Waals surface area contributed by atoms with Crippen LogP contribution in [0, 0.1) is 5.92 Å². The standard InChI is InChI=1S/C10H22N2O/c1-5-9(6-2)10(13)12(4)8-7-11-3/h9,11H,5-8H2,1-4H3. The molecule has 0 aliphatic heterocycles. The number of amides is 1. The van der Waals surface area contributed by atoms with Crippen molar-refractivity contribution in [2.45, 2.75) is 26.7 Å². The molecule has 0 aliphatic carbocycles. The van der Waals surface area contributed by atoms with Gasteiger partial charge in [0, 0.05) is 26.1 Å². The van der Waals surface area contributed by atoms with Crippen LogP contribution in [-0.4, -0.2) is 38.0 Å². The Morgan fingerprint density at radius 3 is 2.31 bits per heavy atom. The van der Waals surface area contributed by atoms with Gasteiger partial charge in [-0.2, -0.15) is 0 Å². The lowest BCUT2D eigenvalue weighted by molar-refractivity contribution is -0.134. The molecule has 0 saturated carbocycles. The number of hydrogen-bond donors (Lipinski definition) is 1. The van der Waals surface area contributed by atoms with Crippen LogP contribution in [0.4, 0.5) is 0 Å². The molecule has 3 nitrogen and oxygen atoms in total. The summed E-state index contributed by atoms with van der Waals surface area (Å²) >= 11 is 0. The molecule has 0 saturated heterocycles. The average Bonchev–Trinajstić information content (AvgIpc) is 2.15. The molecule has 0 aromatic carbocycles. The van der Waals surface area contributed by atoms with Crippen molar-refractivity contribution >= 4 is 5.91 Å². The lowest BCUT2D eigenvalue weighted by Gasteiger charge is -2.21. The normalized spacial score (nSPS) is 10.5. The van der Waals surface area contributed by atoms with E-state index in [9.17, 15) is 4.79 Å². The zero-order valence-corrected chi connectivity index (χ0v) is 9.26. The highest BCUT2D eigenvalue weighted by molar-refractivity contribution is 5.78. The number of carbonyl (C=O) groups is 1. The van der Waals surface area contributed by atoms with Crippen molar-refractivity contribution in [3.8, 4) is 0 Å². The van der Waals surface area contributed by atoms with Crippen LogP contribution in [0.25, 0.3) is 0 Å². The Bertz CT molecular complexity index is 144. The molecule has 0 atom stereocenters. The van der Waals surface area contributed by atoms with E-state index in [2.05, 4.69) is 19.2 Å². The van der Waals surface area contributed by atoms with Crippen molar-refractivity contribution in [3.63, 3.8) is 0 Å². The SMILES string of the molecule is CCC(CC)C(=O)N(C)CCNC. The first-order chi connectivity index (χ1) is 6.17. The smallest absolute Gasteiger partial charge is 0.225 e. The van der Waals surface area contributed by atoms with E-state index in [4.69, 9.17) is 0 Å². The summed E-state index contributed by atoms with van der Waals surface area (Å²) in [6, 6.07) is 0. The molecule has 0 fully saturated rings. The zero-order valence-electron chi connectivity index (χ0n) is 9.26. The van der Waals surface area contributed by atoms with Gasteiger partial charge >= 0.3 is 0 Å². The van der Waals surface area contributed by atoms with E-state index in [0.29, 0.717) is 0 Å². The Hall–Kier alpha value is -0.570. The van der Waals surface area contributed by atoms with Gasteiger partial charge in [-0.15, -0.1) is 0 Å². The lowest BCUT2D eigenvalue weighted by Crippen LogP contribution is -2.36. The largest absolute Gasteiger partial charge is 0.344 e. The third-order valence-electron chi connectivity index (χ3n) is 2.41. The van der Waals surface area contributed by atoms with Crippen molar-refractivity contribution in [1.29, 1.82) is 0 Å². The maximum absolute atomic E-state index is 11.7. The van der Waals surface area contributed by atoms with Gasteiger partial charge in [-0.25, -0.2) is 0 Å². The molecule has 0 unspecified atom stereocenters. The minimum absolute atomic E-state index is 0.210. The van der Waals surface area contributed by atoms with E-state index in [0.717, 1.165) is 25.9 Å². The summed E-state index contributed by atoms with van der Waals surface area (Å²) in [5.41, 5.74) is 0. The molecule has 3 heteroatoms. The maximum atomic E-state index is 11.7. The van der Waals surface area contributed by atoms with Crippen LogP contribution in [0.3, 0.4) is 0 Å². The summed E-state index contributed by atoms with van der Waals surface area (Å²) < 4.78 is 0. The Morgan fingerprint density at radius 1 is 1.38 bits per heavy atom. The molecule has 13 heavy (non-hydrogen) atoms. The fourth-order valence-electron chi connectivity index (χ4n) is 1.34. The summed E-state index contributed by atoms with van der Waals surface area (Å²) in [4.78, 5) is 13.5. The molecule has 1 N–H and O–H groups in total. The van der Waals surface area contributed by atoms with Crippen LogP contribution in [0.15, 0.2) is 0 Å². The number of rotatable bonds is 6. The Kier molecular flexibility index (Phi) is 6.59. The molecule has 0 radical (unpaired) electrons. The third kappa shape index (κ3) is 4.27. The minimum atomic E-state index is 0.210. The number of nitrogens with one attached hydrogen (secondary N) is 1. The predicted octanol–water partition coefficient (Wildman–Crippen LogP) is 1.10. The van der Waals surface area contributed by atoms with Crippen molar-refractivity contribution in [2.75, 3.05) is 27.2 Å². The van der Waals surface area contributed by atoms with Crippen molar-refractivity contribution < 1.29 is 4.79 Å². The van der Waals surface area contributed by atoms with E-state index >= 15 is 0 Å². The van der Waals surface area contributed by atoms with Crippen molar-refractivity contribution in [3.05, 3.63) is 0 Å². The Morgan fingerprint density at radius 2 is 1.92 bits per heavy atom. The van der Waals surface area contributed by atoms with Crippen LogP contribution >= 0.6 is 0 Å². The highest BCUT2D eigenvalue weighted by atomic mass is 16.2. The molecule has 0 aliphatic rings. The van der Waals surface area contributed by atoms with Gasteiger partial charge in [-0.05, 0) is 19.9 Å². The van der Waals surface area contributed by atoms with Gasteiger partial charge in [-0.3, -0.25) is 4.79 Å². The lowest BCUT2D eigenvalue weighted by atomic mass is 10.0. The molecule has 0 spiro atoms. The summed E-state index contributed by atoms with van der Waals surface area (Å²) in [6.07, 6.45) is 1.89. The fraction of sp³-hybridized carbons (Fsp3) is 0.900. The predicted molar refractivity (Wildman–Crippen MR) is 55.6 cm³/mol. The van der Waals surface area contributed by atoms with E-state index < -0.39 is 0 Å². The Balaban J connectivity index is 3.92. The number of nitrogens with zero attached hydrogens (tertiary/aromatic N) is 1. The molecule has 0 bridgehead atoms. The van der Waals surface area contributed by atoms with Crippen LogP contribution < -0.4 is 5.32 Å². The summed E-state index contributed by atoms with van der Waals surface area (Å²) in [6.45, 7) is 5.80. The summed E-state index contributed by atoms with van der Waals surface area (Å²) in [5.74, 6) is 0.488. The van der Waals surface area contributed by atoms with Gasteiger partial charge in [0.15, 0.2) is 0 Å². The summed E-state index contributed by atoms with van der Waals surface area (Å²) in [5, 5.41) is 3.03. The van der Waals surface area contributed by atoms with Gasteiger partial charge in [0.25, 0.3) is 0 Å². The van der Waals surface area contributed by atoms with Crippen LogP contribution in [0.1, 0.15) is 26.7 Å². The highest BCUT2D eigenvalue weighted by Gasteiger charge is 2.17. The first kappa shape index (κ1) is 12.4. The average molecular weight is 186 g/mol. The van der Waals surface area contributed by atoms with Crippen molar-refractivity contribution in [2.24, 2.45) is 5.92 Å². The molecule has 0 aromatic heterocycles. The molecule has 0 rings (SSSR count). The summed E-state index contributed by atoms with van der Waals surface area (Å²) in [7, 11) is 3.77. The first-order valence-electron chi connectivity index (χ1n) is 5.06. The van der Waals surface area contributed by atoms with Crippen LogP contribution in [0.5, 0.6) is 0 Å². The monoisotopic (exact) mass is 186 g/mol. The quantitative estimate of drug-likeness (QED) is 0.673.